The van der Waals surface area contributed by atoms with Crippen molar-refractivity contribution >= 4 is 52.9 Å². The Morgan fingerprint density at radius 1 is 0.917 bits per heavy atom. The molecule has 1 aliphatic rings. The molecule has 0 aliphatic heterocycles. The largest absolute Gasteiger partial charge is 1.00 e. The Morgan fingerprint density at radius 3 is 2.47 bits per heavy atom. The fraction of sp³-hybridized carbons (Fsp3) is 0.103. The first-order chi connectivity index (χ1) is 17.0. The summed E-state index contributed by atoms with van der Waals surface area (Å²) in [6.07, 6.45) is 7.92. The van der Waals surface area contributed by atoms with Crippen molar-refractivity contribution in [3.63, 3.8) is 0 Å². The van der Waals surface area contributed by atoms with Crippen LogP contribution in [0.4, 0.5) is 8.78 Å². The quantitative estimate of drug-likeness (QED) is 0.377. The second-order valence-corrected chi connectivity index (χ2v) is 9.46. The first-order valence-corrected chi connectivity index (χ1v) is 12.2. The van der Waals surface area contributed by atoms with Crippen LogP contribution in [0, 0.1) is 11.6 Å². The predicted molar refractivity (Wildman–Crippen MR) is 136 cm³/mol. The molecule has 0 saturated heterocycles. The molecule has 36 heavy (non-hydrogen) atoms. The van der Waals surface area contributed by atoms with Gasteiger partial charge in [0.25, 0.3) is 0 Å². The summed E-state index contributed by atoms with van der Waals surface area (Å²) in [5, 5.41) is 11.5. The number of rotatable bonds is 6. The second-order valence-electron chi connectivity index (χ2n) is 8.25. The molecule has 5 rings (SSSR count). The minimum Gasteiger partial charge on any atom is -0.550 e. The van der Waals surface area contributed by atoms with Crippen LogP contribution >= 0.6 is 11.8 Å². The average Bonchev–Trinajstić information content (AvgIpc) is 3.00. The molecule has 0 amide bonds. The smallest absolute Gasteiger partial charge is 0.550 e. The number of carbonyl (C=O) groups is 1. The molecule has 7 heteroatoms. The van der Waals surface area contributed by atoms with E-state index in [1.807, 2.05) is 30.4 Å². The Morgan fingerprint density at radius 2 is 1.67 bits per heavy atom. The van der Waals surface area contributed by atoms with Gasteiger partial charge in [-0.3, -0.25) is 0 Å². The van der Waals surface area contributed by atoms with Crippen molar-refractivity contribution in [3.05, 3.63) is 112 Å². The van der Waals surface area contributed by atoms with E-state index in [9.17, 15) is 18.7 Å². The summed E-state index contributed by atoms with van der Waals surface area (Å²) in [6.45, 7) is 0. The molecule has 4 aromatic rings. The van der Waals surface area contributed by atoms with E-state index in [-0.39, 0.29) is 41.2 Å². The van der Waals surface area contributed by atoms with Gasteiger partial charge in [0.2, 0.25) is 0 Å². The van der Waals surface area contributed by atoms with Crippen LogP contribution in [0.15, 0.2) is 66.7 Å². The first-order valence-electron chi connectivity index (χ1n) is 11.1. The average molecular weight is 508 g/mol. The van der Waals surface area contributed by atoms with Gasteiger partial charge >= 0.3 is 29.6 Å². The SMILES string of the molecule is O=C([O-])CCSC1c2ccccc2C=Cc2ccc(/C=C/c3ccc4cc(F)c(F)cc4n3)cc21.[Na+]. The van der Waals surface area contributed by atoms with Crippen LogP contribution in [0.5, 0.6) is 0 Å². The van der Waals surface area contributed by atoms with Crippen LogP contribution in [0.1, 0.15) is 45.2 Å². The standard InChI is InChI=1S/C29H21F2NO2S.Na/c30-25-16-21-10-12-22(32-27(21)17-26(25)31)11-6-18-5-7-20-9-8-19-3-1-2-4-23(19)29(24(20)15-18)35-14-13-28(33)34;/h1-12,15-17,29H,13-14H2,(H,33,34);/q;+1/p-1/b11-6+;. The molecular weight excluding hydrogens is 487 g/mol. The molecule has 0 N–H and O–H groups in total. The fourth-order valence-corrected chi connectivity index (χ4v) is 5.47. The molecule has 3 aromatic carbocycles. The molecule has 3 nitrogen and oxygen atoms in total. The van der Waals surface area contributed by atoms with Crippen molar-refractivity contribution in [1.82, 2.24) is 4.98 Å². The number of halogens is 2. The Hall–Kier alpha value is -2.77. The van der Waals surface area contributed by atoms with Crippen molar-refractivity contribution in [1.29, 1.82) is 0 Å². The van der Waals surface area contributed by atoms with E-state index in [4.69, 9.17) is 0 Å². The fourth-order valence-electron chi connectivity index (χ4n) is 4.17. The zero-order valence-corrected chi connectivity index (χ0v) is 22.4. The molecule has 0 bridgehead atoms. The van der Waals surface area contributed by atoms with Gasteiger partial charge in [0.1, 0.15) is 0 Å². The summed E-state index contributed by atoms with van der Waals surface area (Å²) in [5.41, 5.74) is 6.39. The van der Waals surface area contributed by atoms with E-state index in [0.717, 1.165) is 39.9 Å². The maximum atomic E-state index is 13.6. The zero-order chi connectivity index (χ0) is 24.4. The maximum Gasteiger partial charge on any atom is 1.00 e. The Balaban J connectivity index is 0.00000304. The van der Waals surface area contributed by atoms with Crippen molar-refractivity contribution in [3.8, 4) is 0 Å². The Bertz CT molecular complexity index is 1500. The van der Waals surface area contributed by atoms with E-state index >= 15 is 0 Å². The van der Waals surface area contributed by atoms with E-state index < -0.39 is 17.6 Å². The minimum atomic E-state index is -1.06. The number of aromatic nitrogens is 1. The first kappa shape index (κ1) is 26.3. The van der Waals surface area contributed by atoms with Crippen LogP contribution in [0.3, 0.4) is 0 Å². The van der Waals surface area contributed by atoms with Crippen molar-refractivity contribution in [2.75, 3.05) is 5.75 Å². The molecule has 174 valence electrons. The maximum absolute atomic E-state index is 13.6. The van der Waals surface area contributed by atoms with E-state index in [1.54, 1.807) is 23.9 Å². The molecule has 1 aromatic heterocycles. The summed E-state index contributed by atoms with van der Waals surface area (Å²) in [6, 6.07) is 20.0. The summed E-state index contributed by atoms with van der Waals surface area (Å²) in [4.78, 5) is 15.4. The normalized spacial score (nSPS) is 14.2. The van der Waals surface area contributed by atoms with Crippen LogP contribution in [-0.4, -0.2) is 16.7 Å². The van der Waals surface area contributed by atoms with E-state index in [2.05, 4.69) is 41.4 Å². The Kier molecular flexibility index (Phi) is 8.42. The molecule has 1 unspecified atom stereocenters. The van der Waals surface area contributed by atoms with Crippen molar-refractivity contribution < 1.29 is 48.2 Å². The van der Waals surface area contributed by atoms with E-state index in [0.29, 0.717) is 22.3 Å². The topological polar surface area (TPSA) is 53.0 Å². The van der Waals surface area contributed by atoms with Crippen LogP contribution in [-0.2, 0) is 4.79 Å². The van der Waals surface area contributed by atoms with Gasteiger partial charge in [-0.1, -0.05) is 60.7 Å². The molecule has 0 radical (unpaired) electrons. The number of aliphatic carboxylic acids is 1. The van der Waals surface area contributed by atoms with Gasteiger partial charge in [0, 0.05) is 17.4 Å². The number of carboxylic acids is 1. The van der Waals surface area contributed by atoms with Crippen molar-refractivity contribution in [2.45, 2.75) is 11.7 Å². The summed E-state index contributed by atoms with van der Waals surface area (Å²) in [7, 11) is 0. The number of nitrogens with zero attached hydrogens (tertiary/aromatic N) is 1. The van der Waals surface area contributed by atoms with Gasteiger partial charge in [-0.15, -0.1) is 11.8 Å². The second kappa shape index (κ2) is 11.5. The molecule has 1 heterocycles. The molecule has 0 fully saturated rings. The number of hydrogen-bond donors (Lipinski definition) is 0. The third-order valence-electron chi connectivity index (χ3n) is 5.90. The number of thioether (sulfide) groups is 1. The summed E-state index contributed by atoms with van der Waals surface area (Å²) >= 11 is 1.59. The third kappa shape index (κ3) is 5.79. The monoisotopic (exact) mass is 507 g/mol. The van der Waals surface area contributed by atoms with Gasteiger partial charge < -0.3 is 9.90 Å². The van der Waals surface area contributed by atoms with Crippen LogP contribution < -0.4 is 34.7 Å². The van der Waals surface area contributed by atoms with Gasteiger partial charge in [-0.05, 0) is 64.3 Å². The number of fused-ring (bicyclic) bond motifs is 3. The molecule has 1 aliphatic carbocycles. The van der Waals surface area contributed by atoms with Crippen LogP contribution in [0.25, 0.3) is 35.2 Å². The Labute approximate surface area is 234 Å². The number of carbonyl (C=O) groups excluding carboxylic acids is 1. The summed E-state index contributed by atoms with van der Waals surface area (Å²) < 4.78 is 27.1. The summed E-state index contributed by atoms with van der Waals surface area (Å²) in [5.74, 6) is -2.43. The minimum absolute atomic E-state index is 0. The number of benzene rings is 3. The molecular formula is C29H20F2NNaO2S. The van der Waals surface area contributed by atoms with Gasteiger partial charge in [-0.2, -0.15) is 0 Å². The number of carboxylic acid groups (broad SMARTS) is 1. The van der Waals surface area contributed by atoms with Gasteiger partial charge in [0.15, 0.2) is 11.6 Å². The number of pyridine rings is 1. The zero-order valence-electron chi connectivity index (χ0n) is 19.6. The third-order valence-corrected chi connectivity index (χ3v) is 7.19. The number of hydrogen-bond acceptors (Lipinski definition) is 4. The predicted octanol–water partition coefficient (Wildman–Crippen LogP) is 3.13. The molecule has 0 spiro atoms. The van der Waals surface area contributed by atoms with Gasteiger partial charge in [0.05, 0.1) is 16.5 Å². The van der Waals surface area contributed by atoms with Crippen molar-refractivity contribution in [2.24, 2.45) is 0 Å². The molecule has 0 saturated carbocycles. The van der Waals surface area contributed by atoms with Crippen LogP contribution in [0.2, 0.25) is 0 Å². The van der Waals surface area contributed by atoms with Gasteiger partial charge in [-0.25, -0.2) is 13.8 Å². The van der Waals surface area contributed by atoms with E-state index in [1.165, 1.54) is 0 Å². The molecule has 1 atom stereocenters.